The van der Waals surface area contributed by atoms with E-state index in [0.29, 0.717) is 11.6 Å². The van der Waals surface area contributed by atoms with Crippen molar-refractivity contribution < 1.29 is 4.79 Å². The van der Waals surface area contributed by atoms with E-state index in [-0.39, 0.29) is 11.9 Å². The van der Waals surface area contributed by atoms with E-state index in [0.717, 1.165) is 31.7 Å². The van der Waals surface area contributed by atoms with Crippen molar-refractivity contribution in [3.05, 3.63) is 17.5 Å². The average molecular weight is 250 g/mol. The number of carbonyl (C=O) groups excluding carboxylic acids is 1. The zero-order valence-electron chi connectivity index (χ0n) is 11.4. The summed E-state index contributed by atoms with van der Waals surface area (Å²) in [5, 5.41) is 10.8. The molecule has 1 fully saturated rings. The minimum absolute atomic E-state index is 0.00963. The van der Waals surface area contributed by atoms with Gasteiger partial charge in [0.1, 0.15) is 5.69 Å². The lowest BCUT2D eigenvalue weighted by Crippen LogP contribution is -2.40. The van der Waals surface area contributed by atoms with E-state index in [4.69, 9.17) is 0 Å². The molecule has 1 aliphatic rings. The first kappa shape index (κ1) is 13.1. The summed E-state index contributed by atoms with van der Waals surface area (Å²) in [4.78, 5) is 12.3. The lowest BCUT2D eigenvalue weighted by Gasteiger charge is -2.16. The average Bonchev–Trinajstić information content (AvgIpc) is 2.96. The second-order valence-electron chi connectivity index (χ2n) is 4.91. The molecule has 0 aliphatic carbocycles. The van der Waals surface area contributed by atoms with Gasteiger partial charge in [-0.2, -0.15) is 5.10 Å². The number of carbonyl (C=O) groups is 1. The SMILES string of the molecule is CCc1cc(C(=O)NC2CNCC2C)n(CC)n1. The normalized spacial score (nSPS) is 23.3. The Kier molecular flexibility index (Phi) is 4.01. The van der Waals surface area contributed by atoms with Crippen molar-refractivity contribution in [1.29, 1.82) is 0 Å². The Bertz CT molecular complexity index is 427. The lowest BCUT2D eigenvalue weighted by atomic mass is 10.1. The van der Waals surface area contributed by atoms with E-state index in [1.807, 2.05) is 19.9 Å². The summed E-state index contributed by atoms with van der Waals surface area (Å²) in [6, 6.07) is 2.12. The van der Waals surface area contributed by atoms with Crippen molar-refractivity contribution in [2.45, 2.75) is 39.8 Å². The number of aromatic nitrogens is 2. The Morgan fingerprint density at radius 2 is 2.33 bits per heavy atom. The molecule has 2 N–H and O–H groups in total. The smallest absolute Gasteiger partial charge is 0.269 e. The summed E-state index contributed by atoms with van der Waals surface area (Å²) >= 11 is 0. The molecule has 0 spiro atoms. The van der Waals surface area contributed by atoms with Crippen LogP contribution in [0.1, 0.15) is 37.0 Å². The molecule has 5 nitrogen and oxygen atoms in total. The summed E-state index contributed by atoms with van der Waals surface area (Å²) in [5.74, 6) is 0.474. The van der Waals surface area contributed by atoms with Gasteiger partial charge in [-0.1, -0.05) is 13.8 Å². The summed E-state index contributed by atoms with van der Waals surface area (Å²) in [5.41, 5.74) is 1.65. The first-order valence-electron chi connectivity index (χ1n) is 6.74. The Labute approximate surface area is 108 Å². The highest BCUT2D eigenvalue weighted by molar-refractivity contribution is 5.93. The summed E-state index contributed by atoms with van der Waals surface area (Å²) in [7, 11) is 0. The molecule has 1 aromatic rings. The van der Waals surface area contributed by atoms with Crippen molar-refractivity contribution in [1.82, 2.24) is 20.4 Å². The third kappa shape index (κ3) is 2.56. The van der Waals surface area contributed by atoms with E-state index >= 15 is 0 Å². The van der Waals surface area contributed by atoms with Crippen LogP contribution in [-0.2, 0) is 13.0 Å². The molecule has 2 unspecified atom stereocenters. The van der Waals surface area contributed by atoms with E-state index < -0.39 is 0 Å². The third-order valence-corrected chi connectivity index (χ3v) is 3.56. The van der Waals surface area contributed by atoms with Crippen molar-refractivity contribution >= 4 is 5.91 Å². The maximum absolute atomic E-state index is 12.3. The van der Waals surface area contributed by atoms with Gasteiger partial charge in [-0.25, -0.2) is 0 Å². The number of hydrogen-bond donors (Lipinski definition) is 2. The second-order valence-corrected chi connectivity index (χ2v) is 4.91. The summed E-state index contributed by atoms with van der Waals surface area (Å²) < 4.78 is 1.78. The highest BCUT2D eigenvalue weighted by atomic mass is 16.2. The molecular formula is C13H22N4O. The molecule has 0 bridgehead atoms. The number of amides is 1. The van der Waals surface area contributed by atoms with Gasteiger partial charge in [0.25, 0.3) is 5.91 Å². The molecule has 18 heavy (non-hydrogen) atoms. The molecule has 2 heterocycles. The molecule has 0 aromatic carbocycles. The van der Waals surface area contributed by atoms with Gasteiger partial charge < -0.3 is 10.6 Å². The van der Waals surface area contributed by atoms with Gasteiger partial charge in [0.05, 0.1) is 5.69 Å². The summed E-state index contributed by atoms with van der Waals surface area (Å²) in [6.45, 7) is 8.75. The first-order chi connectivity index (χ1) is 8.65. The van der Waals surface area contributed by atoms with Crippen molar-refractivity contribution in [2.75, 3.05) is 13.1 Å². The maximum Gasteiger partial charge on any atom is 0.269 e. The number of aryl methyl sites for hydroxylation is 2. The fourth-order valence-electron chi connectivity index (χ4n) is 2.31. The van der Waals surface area contributed by atoms with Gasteiger partial charge in [-0.15, -0.1) is 0 Å². The first-order valence-corrected chi connectivity index (χ1v) is 6.74. The van der Waals surface area contributed by atoms with Gasteiger partial charge >= 0.3 is 0 Å². The Morgan fingerprint density at radius 1 is 1.56 bits per heavy atom. The van der Waals surface area contributed by atoms with Gasteiger partial charge in [0.15, 0.2) is 0 Å². The van der Waals surface area contributed by atoms with Gasteiger partial charge in [-0.3, -0.25) is 9.48 Å². The van der Waals surface area contributed by atoms with E-state index in [9.17, 15) is 4.79 Å². The second kappa shape index (κ2) is 5.52. The molecular weight excluding hydrogens is 228 g/mol. The van der Waals surface area contributed by atoms with Crippen LogP contribution in [0.25, 0.3) is 0 Å². The quantitative estimate of drug-likeness (QED) is 0.831. The number of nitrogens with zero attached hydrogens (tertiary/aromatic N) is 2. The van der Waals surface area contributed by atoms with Crippen molar-refractivity contribution in [2.24, 2.45) is 5.92 Å². The number of hydrogen-bond acceptors (Lipinski definition) is 3. The van der Waals surface area contributed by atoms with E-state index in [1.54, 1.807) is 4.68 Å². The van der Waals surface area contributed by atoms with Gasteiger partial charge in [0.2, 0.25) is 0 Å². The van der Waals surface area contributed by atoms with Gasteiger partial charge in [0, 0.05) is 19.1 Å². The predicted octanol–water partition coefficient (Wildman–Crippen LogP) is 0.803. The third-order valence-electron chi connectivity index (χ3n) is 3.56. The fourth-order valence-corrected chi connectivity index (χ4v) is 2.31. The van der Waals surface area contributed by atoms with E-state index in [2.05, 4.69) is 22.7 Å². The zero-order chi connectivity index (χ0) is 13.1. The monoisotopic (exact) mass is 250 g/mol. The van der Waals surface area contributed by atoms with Crippen LogP contribution >= 0.6 is 0 Å². The van der Waals surface area contributed by atoms with Crippen LogP contribution in [0.15, 0.2) is 6.07 Å². The number of rotatable bonds is 4. The van der Waals surface area contributed by atoms with Crippen LogP contribution in [0.3, 0.4) is 0 Å². The topological polar surface area (TPSA) is 59.0 Å². The van der Waals surface area contributed by atoms with Crippen LogP contribution < -0.4 is 10.6 Å². The van der Waals surface area contributed by atoms with E-state index in [1.165, 1.54) is 0 Å². The van der Waals surface area contributed by atoms with Crippen LogP contribution in [0.2, 0.25) is 0 Å². The molecule has 1 saturated heterocycles. The molecule has 1 aromatic heterocycles. The molecule has 100 valence electrons. The van der Waals surface area contributed by atoms with Crippen LogP contribution in [-0.4, -0.2) is 34.8 Å². The minimum Gasteiger partial charge on any atom is -0.346 e. The number of nitrogens with one attached hydrogen (secondary N) is 2. The molecule has 1 aliphatic heterocycles. The molecule has 5 heteroatoms. The maximum atomic E-state index is 12.3. The molecule has 2 atom stereocenters. The lowest BCUT2D eigenvalue weighted by molar-refractivity contribution is 0.0922. The summed E-state index contributed by atoms with van der Waals surface area (Å²) in [6.07, 6.45) is 0.856. The standard InChI is InChI=1S/C13H22N4O/c1-4-10-6-12(17(5-2)16-10)13(18)15-11-8-14-7-9(11)3/h6,9,11,14H,4-5,7-8H2,1-3H3,(H,15,18). The Morgan fingerprint density at radius 3 is 2.89 bits per heavy atom. The fraction of sp³-hybridized carbons (Fsp3) is 0.692. The molecule has 2 rings (SSSR count). The molecule has 1 amide bonds. The largest absolute Gasteiger partial charge is 0.346 e. The van der Waals surface area contributed by atoms with Crippen LogP contribution in [0.5, 0.6) is 0 Å². The predicted molar refractivity (Wildman–Crippen MR) is 70.6 cm³/mol. The van der Waals surface area contributed by atoms with Crippen LogP contribution in [0.4, 0.5) is 0 Å². The van der Waals surface area contributed by atoms with Crippen molar-refractivity contribution in [3.8, 4) is 0 Å². The van der Waals surface area contributed by atoms with Crippen LogP contribution in [0, 0.1) is 5.92 Å². The zero-order valence-corrected chi connectivity index (χ0v) is 11.4. The molecule has 0 saturated carbocycles. The van der Waals surface area contributed by atoms with Crippen molar-refractivity contribution in [3.63, 3.8) is 0 Å². The Balaban J connectivity index is 2.10. The highest BCUT2D eigenvalue weighted by Crippen LogP contribution is 2.10. The minimum atomic E-state index is -0.00963. The van der Waals surface area contributed by atoms with Gasteiger partial charge in [-0.05, 0) is 31.9 Å². The highest BCUT2D eigenvalue weighted by Gasteiger charge is 2.26. The Hall–Kier alpha value is -1.36. The molecule has 0 radical (unpaired) electrons.